The van der Waals surface area contributed by atoms with Gasteiger partial charge in [-0.15, -0.1) is 0 Å². The summed E-state index contributed by atoms with van der Waals surface area (Å²) in [6, 6.07) is 1.99. The van der Waals surface area contributed by atoms with E-state index < -0.39 is 0 Å². The van der Waals surface area contributed by atoms with E-state index in [0.29, 0.717) is 5.92 Å². The summed E-state index contributed by atoms with van der Waals surface area (Å²) in [6.45, 7) is 2.22. The Labute approximate surface area is 110 Å². The molecular formula is C13H18BrNO2. The highest BCUT2D eigenvalue weighted by molar-refractivity contribution is 9.10. The van der Waals surface area contributed by atoms with Crippen molar-refractivity contribution in [3.63, 3.8) is 0 Å². The van der Waals surface area contributed by atoms with E-state index in [1.54, 1.807) is 14.2 Å². The van der Waals surface area contributed by atoms with E-state index in [9.17, 15) is 0 Å². The van der Waals surface area contributed by atoms with Crippen LogP contribution < -0.4 is 15.2 Å². The van der Waals surface area contributed by atoms with Gasteiger partial charge in [-0.2, -0.15) is 0 Å². The molecule has 0 aliphatic heterocycles. The van der Waals surface area contributed by atoms with Crippen LogP contribution >= 0.6 is 15.9 Å². The molecule has 0 spiro atoms. The first-order chi connectivity index (χ1) is 8.10. The molecule has 1 unspecified atom stereocenters. The van der Waals surface area contributed by atoms with Gasteiger partial charge in [-0.3, -0.25) is 0 Å². The maximum Gasteiger partial charge on any atom is 0.165 e. The summed E-state index contributed by atoms with van der Waals surface area (Å²) in [5, 5.41) is 0. The molecule has 0 aromatic heterocycles. The van der Waals surface area contributed by atoms with E-state index in [1.165, 1.54) is 5.56 Å². The molecule has 3 nitrogen and oxygen atoms in total. The first-order valence-corrected chi connectivity index (χ1v) is 6.59. The molecule has 1 aliphatic rings. The molecule has 17 heavy (non-hydrogen) atoms. The van der Waals surface area contributed by atoms with Gasteiger partial charge in [0, 0.05) is 16.1 Å². The molecule has 1 aromatic carbocycles. The number of benzene rings is 1. The summed E-state index contributed by atoms with van der Waals surface area (Å²) < 4.78 is 11.9. The van der Waals surface area contributed by atoms with Crippen molar-refractivity contribution < 1.29 is 9.47 Å². The summed E-state index contributed by atoms with van der Waals surface area (Å²) in [7, 11) is 3.31. The number of hydrogen-bond donors (Lipinski definition) is 1. The quantitative estimate of drug-likeness (QED) is 0.911. The number of nitrogens with two attached hydrogens (primary N) is 1. The Morgan fingerprint density at radius 1 is 1.24 bits per heavy atom. The van der Waals surface area contributed by atoms with Gasteiger partial charge in [0.25, 0.3) is 0 Å². The highest BCUT2D eigenvalue weighted by atomic mass is 79.9. The van der Waals surface area contributed by atoms with Crippen molar-refractivity contribution in [3.8, 4) is 11.5 Å². The highest BCUT2D eigenvalue weighted by Crippen LogP contribution is 2.48. The predicted octanol–water partition coefficient (Wildman–Crippen LogP) is 3.36. The highest BCUT2D eigenvalue weighted by Gasteiger charge is 2.30. The van der Waals surface area contributed by atoms with E-state index in [4.69, 9.17) is 15.2 Å². The van der Waals surface area contributed by atoms with Crippen LogP contribution in [-0.2, 0) is 0 Å². The maximum absolute atomic E-state index is 6.22. The van der Waals surface area contributed by atoms with Crippen LogP contribution in [0.4, 0.5) is 0 Å². The van der Waals surface area contributed by atoms with Crippen molar-refractivity contribution in [2.45, 2.75) is 31.7 Å². The number of methoxy groups -OCH3 is 2. The molecule has 1 aliphatic carbocycles. The van der Waals surface area contributed by atoms with E-state index in [1.807, 2.05) is 6.07 Å². The fraction of sp³-hybridized carbons (Fsp3) is 0.538. The fourth-order valence-electron chi connectivity index (χ4n) is 2.59. The Balaban J connectivity index is 2.70. The molecular weight excluding hydrogens is 282 g/mol. The Morgan fingerprint density at radius 2 is 1.94 bits per heavy atom. The standard InChI is InChI=1S/C13H18BrNO2/c1-7-4-5-9(15)12-11(7)8(14)6-10(16-2)13(12)17-3/h6-7,9H,4-5,15H2,1-3H3/t7?,9-/m1/s1. The lowest BCUT2D eigenvalue weighted by Gasteiger charge is -2.30. The average molecular weight is 300 g/mol. The van der Waals surface area contributed by atoms with Gasteiger partial charge < -0.3 is 15.2 Å². The van der Waals surface area contributed by atoms with Gasteiger partial charge in [-0.1, -0.05) is 22.9 Å². The monoisotopic (exact) mass is 299 g/mol. The van der Waals surface area contributed by atoms with Crippen LogP contribution in [0.2, 0.25) is 0 Å². The predicted molar refractivity (Wildman–Crippen MR) is 71.8 cm³/mol. The second-order valence-corrected chi connectivity index (χ2v) is 5.36. The van der Waals surface area contributed by atoms with Crippen LogP contribution in [0.25, 0.3) is 0 Å². The molecule has 0 radical (unpaired) electrons. The summed E-state index contributed by atoms with van der Waals surface area (Å²) in [5.41, 5.74) is 8.58. The van der Waals surface area contributed by atoms with Gasteiger partial charge in [0.15, 0.2) is 11.5 Å². The van der Waals surface area contributed by atoms with Crippen molar-refractivity contribution in [1.29, 1.82) is 0 Å². The third-order valence-electron chi connectivity index (χ3n) is 3.47. The largest absolute Gasteiger partial charge is 0.493 e. The molecule has 2 atom stereocenters. The number of ether oxygens (including phenoxy) is 2. The lowest BCUT2D eigenvalue weighted by molar-refractivity contribution is 0.343. The number of rotatable bonds is 2. The minimum Gasteiger partial charge on any atom is -0.493 e. The van der Waals surface area contributed by atoms with Gasteiger partial charge in [0.05, 0.1) is 14.2 Å². The molecule has 0 saturated heterocycles. The van der Waals surface area contributed by atoms with Gasteiger partial charge >= 0.3 is 0 Å². The van der Waals surface area contributed by atoms with Crippen molar-refractivity contribution in [3.05, 3.63) is 21.7 Å². The smallest absolute Gasteiger partial charge is 0.165 e. The SMILES string of the molecule is COc1cc(Br)c2c(c1OC)[C@H](N)CCC2C. The van der Waals surface area contributed by atoms with Gasteiger partial charge in [-0.25, -0.2) is 0 Å². The van der Waals surface area contributed by atoms with E-state index in [0.717, 1.165) is 34.4 Å². The fourth-order valence-corrected chi connectivity index (χ4v) is 3.40. The van der Waals surface area contributed by atoms with Crippen LogP contribution in [0.15, 0.2) is 10.5 Å². The minimum atomic E-state index is 0.0301. The molecule has 0 amide bonds. The van der Waals surface area contributed by atoms with Crippen LogP contribution in [0.1, 0.15) is 42.9 Å². The van der Waals surface area contributed by atoms with Crippen molar-refractivity contribution in [2.24, 2.45) is 5.73 Å². The normalized spacial score (nSPS) is 23.1. The average Bonchev–Trinajstić information content (AvgIpc) is 2.32. The Hall–Kier alpha value is -0.740. The molecule has 2 N–H and O–H groups in total. The van der Waals surface area contributed by atoms with Gasteiger partial charge in [-0.05, 0) is 30.4 Å². The van der Waals surface area contributed by atoms with Gasteiger partial charge in [0.1, 0.15) is 0 Å². The summed E-state index contributed by atoms with van der Waals surface area (Å²) in [5.74, 6) is 2.02. The third-order valence-corrected chi connectivity index (χ3v) is 4.13. The summed E-state index contributed by atoms with van der Waals surface area (Å²) >= 11 is 3.61. The van der Waals surface area contributed by atoms with Crippen molar-refractivity contribution in [1.82, 2.24) is 0 Å². The van der Waals surface area contributed by atoms with Crippen LogP contribution in [0, 0.1) is 0 Å². The Bertz CT molecular complexity index is 434. The zero-order valence-corrected chi connectivity index (χ0v) is 12.0. The Morgan fingerprint density at radius 3 is 2.53 bits per heavy atom. The third kappa shape index (κ3) is 2.04. The van der Waals surface area contributed by atoms with E-state index in [-0.39, 0.29) is 6.04 Å². The number of halogens is 1. The summed E-state index contributed by atoms with van der Waals surface area (Å²) in [6.07, 6.45) is 2.10. The molecule has 0 heterocycles. The van der Waals surface area contributed by atoms with E-state index in [2.05, 4.69) is 22.9 Å². The van der Waals surface area contributed by atoms with Crippen LogP contribution in [-0.4, -0.2) is 14.2 Å². The Kier molecular flexibility index (Phi) is 3.64. The number of hydrogen-bond acceptors (Lipinski definition) is 3. The minimum absolute atomic E-state index is 0.0301. The molecule has 4 heteroatoms. The molecule has 0 saturated carbocycles. The molecule has 1 aromatic rings. The number of fused-ring (bicyclic) bond motifs is 1. The first kappa shape index (κ1) is 12.7. The second-order valence-electron chi connectivity index (χ2n) is 4.51. The zero-order chi connectivity index (χ0) is 12.6. The summed E-state index contributed by atoms with van der Waals surface area (Å²) in [4.78, 5) is 0. The molecule has 94 valence electrons. The van der Waals surface area contributed by atoms with Crippen molar-refractivity contribution in [2.75, 3.05) is 14.2 Å². The topological polar surface area (TPSA) is 44.5 Å². The second kappa shape index (κ2) is 4.86. The lowest BCUT2D eigenvalue weighted by Crippen LogP contribution is -2.21. The molecule has 2 rings (SSSR count). The van der Waals surface area contributed by atoms with E-state index >= 15 is 0 Å². The lowest BCUT2D eigenvalue weighted by atomic mass is 9.80. The zero-order valence-electron chi connectivity index (χ0n) is 10.4. The van der Waals surface area contributed by atoms with Crippen LogP contribution in [0.5, 0.6) is 11.5 Å². The van der Waals surface area contributed by atoms with Crippen LogP contribution in [0.3, 0.4) is 0 Å². The van der Waals surface area contributed by atoms with Gasteiger partial charge in [0.2, 0.25) is 0 Å². The molecule has 0 bridgehead atoms. The molecule has 0 fully saturated rings. The van der Waals surface area contributed by atoms with Crippen molar-refractivity contribution >= 4 is 15.9 Å². The maximum atomic E-state index is 6.22. The first-order valence-electron chi connectivity index (χ1n) is 5.80.